The molecule has 0 atom stereocenters. The van der Waals surface area contributed by atoms with Crippen molar-refractivity contribution < 1.29 is 9.59 Å². The Hall–Kier alpha value is -4.21. The maximum absolute atomic E-state index is 12.0. The van der Waals surface area contributed by atoms with Gasteiger partial charge in [0, 0.05) is 47.9 Å². The van der Waals surface area contributed by atoms with Crippen LogP contribution < -0.4 is 16.0 Å². The number of aromatic nitrogens is 5. The number of carbonyl (C=O) groups excluding carboxylic acids is 2. The van der Waals surface area contributed by atoms with Crippen molar-refractivity contribution in [2.45, 2.75) is 31.8 Å². The first-order chi connectivity index (χ1) is 16.0. The fraction of sp³-hybridized carbons (Fsp3) is 0.261. The van der Waals surface area contributed by atoms with Crippen molar-refractivity contribution in [1.82, 2.24) is 29.5 Å². The Morgan fingerprint density at radius 1 is 1.21 bits per heavy atom. The smallest absolute Gasteiger partial charge is 0.254 e. The predicted molar refractivity (Wildman–Crippen MR) is 123 cm³/mol. The van der Waals surface area contributed by atoms with Crippen molar-refractivity contribution in [3.8, 4) is 0 Å². The molecule has 3 N–H and O–H groups in total. The monoisotopic (exact) mass is 442 g/mol. The maximum atomic E-state index is 12.0. The summed E-state index contributed by atoms with van der Waals surface area (Å²) in [6, 6.07) is 8.69. The molecule has 1 aromatic carbocycles. The molecule has 0 bridgehead atoms. The third-order valence-electron chi connectivity index (χ3n) is 5.99. The normalized spacial score (nSPS) is 17.3. The molecule has 10 nitrogen and oxygen atoms in total. The highest BCUT2D eigenvalue weighted by Crippen LogP contribution is 2.27. The summed E-state index contributed by atoms with van der Waals surface area (Å²) in [4.78, 5) is 32.9. The average molecular weight is 442 g/mol. The number of benzene rings is 1. The summed E-state index contributed by atoms with van der Waals surface area (Å²) < 4.78 is 3.73. The first-order valence-corrected chi connectivity index (χ1v) is 10.9. The second-order valence-electron chi connectivity index (χ2n) is 8.48. The van der Waals surface area contributed by atoms with Crippen molar-refractivity contribution in [2.75, 3.05) is 10.6 Å². The fourth-order valence-electron chi connectivity index (χ4n) is 4.08. The van der Waals surface area contributed by atoms with Crippen LogP contribution in [0.15, 0.2) is 42.2 Å². The van der Waals surface area contributed by atoms with Crippen LogP contribution in [0.1, 0.15) is 30.4 Å². The minimum atomic E-state index is -0.376. The van der Waals surface area contributed by atoms with E-state index >= 15 is 0 Å². The number of hydrogen-bond acceptors (Lipinski definition) is 7. The third kappa shape index (κ3) is 3.59. The number of hydrogen-bond donors (Lipinski definition) is 3. The molecule has 4 heterocycles. The number of anilines is 2. The zero-order chi connectivity index (χ0) is 22.5. The van der Waals surface area contributed by atoms with Gasteiger partial charge in [0.2, 0.25) is 17.8 Å². The highest BCUT2D eigenvalue weighted by atomic mass is 16.2. The molecule has 4 aromatic rings. The van der Waals surface area contributed by atoms with Gasteiger partial charge in [-0.05, 0) is 36.6 Å². The summed E-state index contributed by atoms with van der Waals surface area (Å²) in [6.07, 6.45) is 7.59. The Morgan fingerprint density at radius 2 is 2.09 bits per heavy atom. The molecule has 2 amide bonds. The van der Waals surface area contributed by atoms with Crippen molar-refractivity contribution in [3.63, 3.8) is 0 Å². The minimum Gasteiger partial charge on any atom is -0.351 e. The number of nitrogens with zero attached hydrogens (tertiary/aromatic N) is 5. The van der Waals surface area contributed by atoms with Gasteiger partial charge in [-0.1, -0.05) is 12.1 Å². The van der Waals surface area contributed by atoms with Gasteiger partial charge >= 0.3 is 0 Å². The predicted octanol–water partition coefficient (Wildman–Crippen LogP) is 2.23. The molecule has 6 rings (SSSR count). The number of amides is 2. The quantitative estimate of drug-likeness (QED) is 0.310. The zero-order valence-electron chi connectivity index (χ0n) is 18.0. The van der Waals surface area contributed by atoms with E-state index in [9.17, 15) is 9.59 Å². The molecule has 166 valence electrons. The van der Waals surface area contributed by atoms with Gasteiger partial charge in [-0.3, -0.25) is 14.9 Å². The van der Waals surface area contributed by atoms with Gasteiger partial charge in [0.25, 0.3) is 5.91 Å². The van der Waals surface area contributed by atoms with Gasteiger partial charge in [-0.15, -0.1) is 0 Å². The second kappa shape index (κ2) is 7.44. The van der Waals surface area contributed by atoms with Crippen LogP contribution in [0.3, 0.4) is 0 Å². The van der Waals surface area contributed by atoms with Gasteiger partial charge in [0.15, 0.2) is 5.65 Å². The second-order valence-corrected chi connectivity index (χ2v) is 8.48. The number of nitrogens with one attached hydrogen (secondary N) is 3. The first-order valence-electron chi connectivity index (χ1n) is 10.9. The SMILES string of the molecule is Cn1ccc2c(CNc3nc(NC4CC4)n4ncc(/C=C5\CC(=O)NC5=O)c4n3)cccc21. The molecule has 33 heavy (non-hydrogen) atoms. The Morgan fingerprint density at radius 3 is 2.88 bits per heavy atom. The van der Waals surface area contributed by atoms with E-state index in [1.165, 1.54) is 5.39 Å². The van der Waals surface area contributed by atoms with E-state index < -0.39 is 0 Å². The summed E-state index contributed by atoms with van der Waals surface area (Å²) in [5.74, 6) is 0.384. The van der Waals surface area contributed by atoms with Crippen LogP contribution in [0, 0.1) is 0 Å². The Labute approximate surface area is 188 Å². The number of aryl methyl sites for hydroxylation is 1. The largest absolute Gasteiger partial charge is 0.351 e. The van der Waals surface area contributed by atoms with E-state index in [0.29, 0.717) is 41.3 Å². The number of imide groups is 1. The summed E-state index contributed by atoms with van der Waals surface area (Å²) >= 11 is 0. The minimum absolute atomic E-state index is 0.0562. The van der Waals surface area contributed by atoms with Gasteiger partial charge in [-0.25, -0.2) is 0 Å². The first kappa shape index (κ1) is 19.5. The third-order valence-corrected chi connectivity index (χ3v) is 5.99. The maximum Gasteiger partial charge on any atom is 0.254 e. The summed E-state index contributed by atoms with van der Waals surface area (Å²) in [6.45, 7) is 0.557. The molecule has 3 aromatic heterocycles. The molecule has 0 radical (unpaired) electrons. The molecular formula is C23H22N8O2. The number of fused-ring (bicyclic) bond motifs is 2. The lowest BCUT2D eigenvalue weighted by Crippen LogP contribution is -2.19. The van der Waals surface area contributed by atoms with Crippen LogP contribution in [0.5, 0.6) is 0 Å². The van der Waals surface area contributed by atoms with Crippen LogP contribution in [0.4, 0.5) is 11.9 Å². The van der Waals surface area contributed by atoms with E-state index in [4.69, 9.17) is 0 Å². The molecule has 0 spiro atoms. The fourth-order valence-corrected chi connectivity index (χ4v) is 4.08. The molecule has 1 saturated carbocycles. The lowest BCUT2D eigenvalue weighted by molar-refractivity contribution is -0.124. The number of carbonyl (C=O) groups is 2. The van der Waals surface area contributed by atoms with Gasteiger partial charge in [0.1, 0.15) is 0 Å². The van der Waals surface area contributed by atoms with Crippen molar-refractivity contribution in [2.24, 2.45) is 7.05 Å². The highest BCUT2D eigenvalue weighted by Gasteiger charge is 2.26. The van der Waals surface area contributed by atoms with Crippen LogP contribution in [-0.2, 0) is 23.2 Å². The Bertz CT molecular complexity index is 1460. The Kier molecular flexibility index (Phi) is 4.39. The van der Waals surface area contributed by atoms with Gasteiger partial charge in [-0.2, -0.15) is 19.6 Å². The molecule has 0 unspecified atom stereocenters. The van der Waals surface area contributed by atoms with Crippen molar-refractivity contribution in [3.05, 3.63) is 53.4 Å². The summed E-state index contributed by atoms with van der Waals surface area (Å²) in [7, 11) is 2.03. The average Bonchev–Trinajstić information content (AvgIpc) is 3.26. The molecule has 1 aliphatic carbocycles. The van der Waals surface area contributed by atoms with Crippen LogP contribution in [0.2, 0.25) is 0 Å². The van der Waals surface area contributed by atoms with Gasteiger partial charge < -0.3 is 15.2 Å². The molecule has 10 heteroatoms. The topological polar surface area (TPSA) is 118 Å². The molecule has 2 aliphatic rings. The molecule has 1 aliphatic heterocycles. The van der Waals surface area contributed by atoms with Gasteiger partial charge in [0.05, 0.1) is 12.6 Å². The van der Waals surface area contributed by atoms with E-state index in [1.54, 1.807) is 16.8 Å². The van der Waals surface area contributed by atoms with E-state index in [0.717, 1.165) is 23.9 Å². The Balaban J connectivity index is 1.36. The molecule has 2 fully saturated rings. The van der Waals surface area contributed by atoms with E-state index in [1.807, 2.05) is 19.3 Å². The lowest BCUT2D eigenvalue weighted by Gasteiger charge is -2.11. The summed E-state index contributed by atoms with van der Waals surface area (Å²) in [5, 5.41) is 14.7. The highest BCUT2D eigenvalue weighted by molar-refractivity contribution is 6.15. The zero-order valence-corrected chi connectivity index (χ0v) is 18.0. The van der Waals surface area contributed by atoms with E-state index in [-0.39, 0.29) is 18.2 Å². The summed E-state index contributed by atoms with van der Waals surface area (Å²) in [5.41, 5.74) is 3.93. The molecule has 1 saturated heterocycles. The lowest BCUT2D eigenvalue weighted by atomic mass is 10.1. The number of rotatable bonds is 6. The van der Waals surface area contributed by atoms with Crippen molar-refractivity contribution >= 4 is 46.3 Å². The van der Waals surface area contributed by atoms with E-state index in [2.05, 4.69) is 53.8 Å². The standard InChI is InChI=1S/C23H22N8O2/c1-30-8-7-17-13(3-2-4-18(17)30)11-24-22-28-20-15(9-14-10-19(32)27-21(14)33)12-25-31(20)23(29-22)26-16-5-6-16/h2-4,7-9,12,16H,5-6,10-11H2,1H3,(H,27,32,33)(H2,24,26,28,29)/b14-9+. The van der Waals surface area contributed by atoms with Crippen LogP contribution >= 0.6 is 0 Å². The van der Waals surface area contributed by atoms with Crippen molar-refractivity contribution in [1.29, 1.82) is 0 Å². The van der Waals surface area contributed by atoms with Crippen LogP contribution in [-0.4, -0.2) is 42.0 Å². The molecular weight excluding hydrogens is 420 g/mol. The van der Waals surface area contributed by atoms with Crippen LogP contribution in [0.25, 0.3) is 22.6 Å².